The number of nitrogens with zero attached hydrogens (tertiary/aromatic N) is 3. The molecule has 0 aromatic carbocycles. The van der Waals surface area contributed by atoms with E-state index in [9.17, 15) is 4.79 Å². The lowest BCUT2D eigenvalue weighted by Gasteiger charge is -2.18. The number of hydrogen-bond donors (Lipinski definition) is 1. The van der Waals surface area contributed by atoms with Crippen LogP contribution in [-0.2, 0) is 4.74 Å². The Balaban J connectivity index is 2.07. The smallest absolute Gasteiger partial charge is 0.272 e. The number of aryl methyl sites for hydroxylation is 1. The van der Waals surface area contributed by atoms with E-state index in [0.717, 1.165) is 26.0 Å². The molecule has 116 valence electrons. The van der Waals surface area contributed by atoms with Gasteiger partial charge in [0.15, 0.2) is 0 Å². The Hall–Kier alpha value is -1.69. The van der Waals surface area contributed by atoms with Crippen LogP contribution in [0.3, 0.4) is 0 Å². The molecule has 6 nitrogen and oxygen atoms in total. The van der Waals surface area contributed by atoms with Crippen molar-refractivity contribution in [2.45, 2.75) is 39.7 Å². The molecule has 2 heterocycles. The Morgan fingerprint density at radius 1 is 1.43 bits per heavy atom. The molecule has 1 aliphatic heterocycles. The van der Waals surface area contributed by atoms with E-state index in [1.165, 1.54) is 0 Å². The standard InChI is InChI=1S/C15H24N4O2/c1-4-19(5-2)15(20)13-9-14(18-11(3)17-13)16-10-12-7-6-8-21-12/h9,12H,4-8,10H2,1-3H3,(H,16,17,18). The average Bonchev–Trinajstić information content (AvgIpc) is 2.99. The van der Waals surface area contributed by atoms with Gasteiger partial charge in [-0.15, -0.1) is 0 Å². The second-order valence-corrected chi connectivity index (χ2v) is 5.18. The highest BCUT2D eigenvalue weighted by atomic mass is 16.5. The van der Waals surface area contributed by atoms with Gasteiger partial charge in [-0.1, -0.05) is 0 Å². The maximum atomic E-state index is 12.4. The first kappa shape index (κ1) is 15.7. The van der Waals surface area contributed by atoms with Gasteiger partial charge < -0.3 is 15.0 Å². The zero-order valence-electron chi connectivity index (χ0n) is 13.1. The van der Waals surface area contributed by atoms with Gasteiger partial charge in [0.05, 0.1) is 6.10 Å². The molecule has 1 atom stereocenters. The third-order valence-corrected chi connectivity index (χ3v) is 3.64. The first-order chi connectivity index (χ1) is 10.1. The van der Waals surface area contributed by atoms with Crippen molar-refractivity contribution in [1.29, 1.82) is 0 Å². The molecule has 0 spiro atoms. The number of aromatic nitrogens is 2. The number of anilines is 1. The highest BCUT2D eigenvalue weighted by molar-refractivity contribution is 5.92. The second kappa shape index (κ2) is 7.36. The molecule has 1 aromatic rings. The first-order valence-corrected chi connectivity index (χ1v) is 7.64. The van der Waals surface area contributed by atoms with Gasteiger partial charge in [0.25, 0.3) is 5.91 Å². The molecule has 1 amide bonds. The molecule has 1 unspecified atom stereocenters. The predicted molar refractivity (Wildman–Crippen MR) is 81.5 cm³/mol. The van der Waals surface area contributed by atoms with Crippen LogP contribution in [-0.4, -0.2) is 53.1 Å². The van der Waals surface area contributed by atoms with Crippen molar-refractivity contribution >= 4 is 11.7 Å². The lowest BCUT2D eigenvalue weighted by molar-refractivity contribution is 0.0766. The summed E-state index contributed by atoms with van der Waals surface area (Å²) in [6.07, 6.45) is 2.42. The topological polar surface area (TPSA) is 67.4 Å². The Kier molecular flexibility index (Phi) is 5.50. The lowest BCUT2D eigenvalue weighted by atomic mass is 10.2. The van der Waals surface area contributed by atoms with Crippen LogP contribution in [0.25, 0.3) is 0 Å². The third kappa shape index (κ3) is 4.14. The van der Waals surface area contributed by atoms with Gasteiger partial charge >= 0.3 is 0 Å². The molecule has 0 radical (unpaired) electrons. The van der Waals surface area contributed by atoms with Crippen molar-refractivity contribution in [1.82, 2.24) is 14.9 Å². The number of nitrogens with one attached hydrogen (secondary N) is 1. The van der Waals surface area contributed by atoms with Crippen molar-refractivity contribution in [2.75, 3.05) is 31.6 Å². The van der Waals surface area contributed by atoms with Crippen molar-refractivity contribution in [3.8, 4) is 0 Å². The largest absolute Gasteiger partial charge is 0.376 e. The highest BCUT2D eigenvalue weighted by Crippen LogP contribution is 2.14. The summed E-state index contributed by atoms with van der Waals surface area (Å²) in [5.41, 5.74) is 0.445. The molecule has 0 saturated carbocycles. The maximum Gasteiger partial charge on any atom is 0.272 e. The molecule has 1 fully saturated rings. The molecule has 1 aromatic heterocycles. The molecule has 6 heteroatoms. The Labute approximate surface area is 125 Å². The van der Waals surface area contributed by atoms with Crippen molar-refractivity contribution in [2.24, 2.45) is 0 Å². The van der Waals surface area contributed by atoms with E-state index >= 15 is 0 Å². The summed E-state index contributed by atoms with van der Waals surface area (Å²) in [5, 5.41) is 3.25. The van der Waals surface area contributed by atoms with Crippen molar-refractivity contribution in [3.05, 3.63) is 17.6 Å². The molecular formula is C15H24N4O2. The van der Waals surface area contributed by atoms with Crippen molar-refractivity contribution < 1.29 is 9.53 Å². The highest BCUT2D eigenvalue weighted by Gasteiger charge is 2.18. The number of amides is 1. The van der Waals surface area contributed by atoms with Gasteiger partial charge in [0.2, 0.25) is 0 Å². The van der Waals surface area contributed by atoms with E-state index < -0.39 is 0 Å². The van der Waals surface area contributed by atoms with Crippen LogP contribution in [0, 0.1) is 6.92 Å². The minimum absolute atomic E-state index is 0.0503. The summed E-state index contributed by atoms with van der Waals surface area (Å²) < 4.78 is 5.57. The quantitative estimate of drug-likeness (QED) is 0.867. The van der Waals surface area contributed by atoms with Crippen LogP contribution in [0.1, 0.15) is 43.0 Å². The SMILES string of the molecule is CCN(CC)C(=O)c1cc(NCC2CCCO2)nc(C)n1. The summed E-state index contributed by atoms with van der Waals surface area (Å²) in [6, 6.07) is 1.72. The summed E-state index contributed by atoms with van der Waals surface area (Å²) >= 11 is 0. The van der Waals surface area contributed by atoms with E-state index in [2.05, 4.69) is 15.3 Å². The molecule has 1 saturated heterocycles. The van der Waals surface area contributed by atoms with Crippen LogP contribution in [0.5, 0.6) is 0 Å². The summed E-state index contributed by atoms with van der Waals surface area (Å²) in [4.78, 5) is 22.7. The fourth-order valence-corrected chi connectivity index (χ4v) is 2.46. The molecule has 0 aliphatic carbocycles. The molecule has 1 N–H and O–H groups in total. The monoisotopic (exact) mass is 292 g/mol. The van der Waals surface area contributed by atoms with E-state index in [0.29, 0.717) is 30.4 Å². The molecule has 1 aliphatic rings. The summed E-state index contributed by atoms with van der Waals surface area (Å²) in [5.74, 6) is 1.24. The van der Waals surface area contributed by atoms with Crippen LogP contribution in [0.15, 0.2) is 6.07 Å². The fourth-order valence-electron chi connectivity index (χ4n) is 2.46. The van der Waals surface area contributed by atoms with Crippen molar-refractivity contribution in [3.63, 3.8) is 0 Å². The van der Waals surface area contributed by atoms with Gasteiger partial charge in [0.1, 0.15) is 17.3 Å². The van der Waals surface area contributed by atoms with E-state index in [1.54, 1.807) is 17.9 Å². The number of rotatable bonds is 6. The van der Waals surface area contributed by atoms with Crippen LogP contribution in [0.2, 0.25) is 0 Å². The zero-order valence-corrected chi connectivity index (χ0v) is 13.1. The second-order valence-electron chi connectivity index (χ2n) is 5.18. The Morgan fingerprint density at radius 2 is 2.19 bits per heavy atom. The van der Waals surface area contributed by atoms with Crippen LogP contribution >= 0.6 is 0 Å². The zero-order chi connectivity index (χ0) is 15.2. The minimum atomic E-state index is -0.0503. The third-order valence-electron chi connectivity index (χ3n) is 3.64. The fraction of sp³-hybridized carbons (Fsp3) is 0.667. The maximum absolute atomic E-state index is 12.4. The van der Waals surface area contributed by atoms with Gasteiger partial charge in [-0.25, -0.2) is 9.97 Å². The van der Waals surface area contributed by atoms with Crippen LogP contribution in [0.4, 0.5) is 5.82 Å². The Bertz CT molecular complexity index is 483. The van der Waals surface area contributed by atoms with E-state index in [-0.39, 0.29) is 12.0 Å². The lowest BCUT2D eigenvalue weighted by Crippen LogP contribution is -2.31. The van der Waals surface area contributed by atoms with Gasteiger partial charge in [-0.3, -0.25) is 4.79 Å². The number of carbonyl (C=O) groups excluding carboxylic acids is 1. The van der Waals surface area contributed by atoms with Gasteiger partial charge in [-0.2, -0.15) is 0 Å². The molecular weight excluding hydrogens is 268 g/mol. The predicted octanol–water partition coefficient (Wildman–Crippen LogP) is 1.86. The number of ether oxygens (including phenoxy) is 1. The van der Waals surface area contributed by atoms with Gasteiger partial charge in [0, 0.05) is 32.3 Å². The first-order valence-electron chi connectivity index (χ1n) is 7.64. The summed E-state index contributed by atoms with van der Waals surface area (Å²) in [7, 11) is 0. The normalized spacial score (nSPS) is 17.8. The van der Waals surface area contributed by atoms with E-state index in [1.807, 2.05) is 13.8 Å². The molecule has 0 bridgehead atoms. The minimum Gasteiger partial charge on any atom is -0.376 e. The van der Waals surface area contributed by atoms with Gasteiger partial charge in [-0.05, 0) is 33.6 Å². The number of hydrogen-bond acceptors (Lipinski definition) is 5. The summed E-state index contributed by atoms with van der Waals surface area (Å²) in [6.45, 7) is 8.64. The number of carbonyl (C=O) groups is 1. The molecule has 2 rings (SSSR count). The molecule has 21 heavy (non-hydrogen) atoms. The Morgan fingerprint density at radius 3 is 2.81 bits per heavy atom. The van der Waals surface area contributed by atoms with Crippen LogP contribution < -0.4 is 5.32 Å². The average molecular weight is 292 g/mol. The van der Waals surface area contributed by atoms with E-state index in [4.69, 9.17) is 4.74 Å².